The van der Waals surface area contributed by atoms with Crippen LogP contribution < -0.4 is 0 Å². The van der Waals surface area contributed by atoms with Crippen molar-refractivity contribution in [1.82, 2.24) is 9.55 Å². The van der Waals surface area contributed by atoms with Crippen LogP contribution >= 0.6 is 11.3 Å². The van der Waals surface area contributed by atoms with Crippen molar-refractivity contribution in [2.45, 2.75) is 0 Å². The van der Waals surface area contributed by atoms with Crippen molar-refractivity contribution in [3.63, 3.8) is 0 Å². The van der Waals surface area contributed by atoms with Gasteiger partial charge in [-0.1, -0.05) is 6.07 Å². The number of aryl methyl sites for hydroxylation is 1. The van der Waals surface area contributed by atoms with Crippen molar-refractivity contribution in [2.75, 3.05) is 0 Å². The minimum absolute atomic E-state index is 0.647. The highest BCUT2D eigenvalue weighted by Crippen LogP contribution is 2.27. The summed E-state index contributed by atoms with van der Waals surface area (Å²) < 4.78 is 2.06. The van der Waals surface area contributed by atoms with E-state index in [4.69, 9.17) is 5.26 Å². The standard InChI is InChI=1S/C13H9N3S/c1-16-11-5-4-9(8-14)7-10(11)15-13(16)12-3-2-6-17-12/h2-7H,1H3. The number of hydrogen-bond donors (Lipinski definition) is 0. The van der Waals surface area contributed by atoms with Gasteiger partial charge in [-0.15, -0.1) is 11.3 Å². The molecule has 1 aromatic carbocycles. The Balaban J connectivity index is 2.29. The molecule has 0 radical (unpaired) electrons. The highest BCUT2D eigenvalue weighted by atomic mass is 32.1. The van der Waals surface area contributed by atoms with Crippen molar-refractivity contribution in [3.05, 3.63) is 41.3 Å². The molecule has 82 valence electrons. The van der Waals surface area contributed by atoms with E-state index in [0.717, 1.165) is 21.7 Å². The van der Waals surface area contributed by atoms with Crippen molar-refractivity contribution < 1.29 is 0 Å². The number of thiophene rings is 1. The van der Waals surface area contributed by atoms with E-state index in [0.29, 0.717) is 5.56 Å². The van der Waals surface area contributed by atoms with Crippen LogP contribution in [0.2, 0.25) is 0 Å². The summed E-state index contributed by atoms with van der Waals surface area (Å²) in [7, 11) is 2.00. The molecule has 3 nitrogen and oxygen atoms in total. The van der Waals surface area contributed by atoms with Crippen LogP contribution in [-0.4, -0.2) is 9.55 Å². The first-order chi connectivity index (χ1) is 8.29. The van der Waals surface area contributed by atoms with Crippen molar-refractivity contribution in [1.29, 1.82) is 5.26 Å². The molecule has 17 heavy (non-hydrogen) atoms. The van der Waals surface area contributed by atoms with Crippen LogP contribution in [-0.2, 0) is 7.05 Å². The lowest BCUT2D eigenvalue weighted by Crippen LogP contribution is -1.90. The van der Waals surface area contributed by atoms with Gasteiger partial charge in [0.25, 0.3) is 0 Å². The van der Waals surface area contributed by atoms with E-state index in [1.807, 2.05) is 36.7 Å². The van der Waals surface area contributed by atoms with Gasteiger partial charge in [-0.05, 0) is 29.6 Å². The van der Waals surface area contributed by atoms with E-state index in [1.54, 1.807) is 11.3 Å². The van der Waals surface area contributed by atoms with Crippen molar-refractivity contribution in [3.8, 4) is 16.8 Å². The fourth-order valence-corrected chi connectivity index (χ4v) is 2.64. The molecule has 0 N–H and O–H groups in total. The van der Waals surface area contributed by atoms with E-state index in [9.17, 15) is 0 Å². The lowest BCUT2D eigenvalue weighted by molar-refractivity contribution is 0.963. The van der Waals surface area contributed by atoms with Crippen LogP contribution in [0.5, 0.6) is 0 Å². The van der Waals surface area contributed by atoms with Gasteiger partial charge in [0.05, 0.1) is 27.5 Å². The molecule has 3 aromatic rings. The second kappa shape index (κ2) is 3.72. The Kier molecular flexibility index (Phi) is 2.20. The maximum atomic E-state index is 8.87. The minimum Gasteiger partial charge on any atom is -0.326 e. The van der Waals surface area contributed by atoms with Crippen LogP contribution in [0.4, 0.5) is 0 Å². The number of imidazole rings is 1. The third-order valence-corrected chi connectivity index (χ3v) is 3.62. The van der Waals surface area contributed by atoms with Gasteiger partial charge in [-0.2, -0.15) is 5.26 Å². The van der Waals surface area contributed by atoms with Crippen LogP contribution in [0.25, 0.3) is 21.7 Å². The molecule has 0 unspecified atom stereocenters. The van der Waals surface area contributed by atoms with Gasteiger partial charge in [-0.3, -0.25) is 0 Å². The van der Waals surface area contributed by atoms with E-state index in [-0.39, 0.29) is 0 Å². The van der Waals surface area contributed by atoms with Gasteiger partial charge in [0, 0.05) is 7.05 Å². The molecule has 0 aliphatic rings. The zero-order valence-electron chi connectivity index (χ0n) is 9.21. The molecule has 0 aliphatic carbocycles. The van der Waals surface area contributed by atoms with Gasteiger partial charge < -0.3 is 4.57 Å². The normalized spacial score (nSPS) is 10.6. The number of fused-ring (bicyclic) bond motifs is 1. The Bertz CT molecular complexity index is 717. The summed E-state index contributed by atoms with van der Waals surface area (Å²) in [4.78, 5) is 5.73. The molecule has 3 rings (SSSR count). The zero-order valence-corrected chi connectivity index (χ0v) is 10.0. The van der Waals surface area contributed by atoms with E-state index >= 15 is 0 Å². The lowest BCUT2D eigenvalue weighted by atomic mass is 10.2. The summed E-state index contributed by atoms with van der Waals surface area (Å²) in [6.45, 7) is 0. The van der Waals surface area contributed by atoms with Crippen LogP contribution in [0.1, 0.15) is 5.56 Å². The summed E-state index contributed by atoms with van der Waals surface area (Å²) in [6.07, 6.45) is 0. The predicted octanol–water partition coefficient (Wildman–Crippen LogP) is 3.17. The van der Waals surface area contributed by atoms with Crippen LogP contribution in [0, 0.1) is 11.3 Å². The number of benzene rings is 1. The van der Waals surface area contributed by atoms with E-state index < -0.39 is 0 Å². The topological polar surface area (TPSA) is 41.6 Å². The zero-order chi connectivity index (χ0) is 11.8. The molecule has 4 heteroatoms. The fourth-order valence-electron chi connectivity index (χ4n) is 1.90. The SMILES string of the molecule is Cn1c(-c2cccs2)nc2cc(C#N)ccc21. The van der Waals surface area contributed by atoms with Gasteiger partial charge in [0.1, 0.15) is 0 Å². The molecule has 0 amide bonds. The second-order valence-corrected chi connectivity index (χ2v) is 4.73. The molecule has 0 fully saturated rings. The van der Waals surface area contributed by atoms with E-state index in [1.165, 1.54) is 0 Å². The highest BCUT2D eigenvalue weighted by Gasteiger charge is 2.10. The van der Waals surface area contributed by atoms with Gasteiger partial charge >= 0.3 is 0 Å². The molecular formula is C13H9N3S. The molecule has 0 atom stereocenters. The van der Waals surface area contributed by atoms with Crippen molar-refractivity contribution in [2.24, 2.45) is 7.05 Å². The quantitative estimate of drug-likeness (QED) is 0.654. The molecule has 0 aliphatic heterocycles. The summed E-state index contributed by atoms with van der Waals surface area (Å²) in [6, 6.07) is 11.8. The Morgan fingerprint density at radius 1 is 1.35 bits per heavy atom. The molecule has 0 saturated heterocycles. The Morgan fingerprint density at radius 3 is 2.94 bits per heavy atom. The number of aromatic nitrogens is 2. The number of nitriles is 1. The average Bonchev–Trinajstić information content (AvgIpc) is 2.97. The summed E-state index contributed by atoms with van der Waals surface area (Å²) in [5, 5.41) is 10.9. The highest BCUT2D eigenvalue weighted by molar-refractivity contribution is 7.13. The largest absolute Gasteiger partial charge is 0.326 e. The van der Waals surface area contributed by atoms with Gasteiger partial charge in [0.15, 0.2) is 5.82 Å². The number of hydrogen-bond acceptors (Lipinski definition) is 3. The maximum Gasteiger partial charge on any atom is 0.150 e. The molecule has 2 heterocycles. The summed E-state index contributed by atoms with van der Waals surface area (Å²) >= 11 is 1.67. The minimum atomic E-state index is 0.647. The lowest BCUT2D eigenvalue weighted by Gasteiger charge is -1.98. The van der Waals surface area contributed by atoms with Gasteiger partial charge in [0.2, 0.25) is 0 Å². The molecular weight excluding hydrogens is 230 g/mol. The fraction of sp³-hybridized carbons (Fsp3) is 0.0769. The summed E-state index contributed by atoms with van der Waals surface area (Å²) in [5.74, 6) is 0.949. The molecule has 2 aromatic heterocycles. The maximum absolute atomic E-state index is 8.87. The second-order valence-electron chi connectivity index (χ2n) is 3.79. The number of nitrogens with zero attached hydrogens (tertiary/aromatic N) is 3. The number of rotatable bonds is 1. The van der Waals surface area contributed by atoms with E-state index in [2.05, 4.69) is 21.7 Å². The third-order valence-electron chi connectivity index (χ3n) is 2.75. The first kappa shape index (κ1) is 10.1. The summed E-state index contributed by atoms with van der Waals surface area (Å²) in [5.41, 5.74) is 2.57. The molecule has 0 spiro atoms. The van der Waals surface area contributed by atoms with Crippen molar-refractivity contribution >= 4 is 22.4 Å². The predicted molar refractivity (Wildman–Crippen MR) is 68.7 cm³/mol. The Hall–Kier alpha value is -2.12. The monoisotopic (exact) mass is 239 g/mol. The van der Waals surface area contributed by atoms with Gasteiger partial charge in [-0.25, -0.2) is 4.98 Å². The smallest absolute Gasteiger partial charge is 0.150 e. The third kappa shape index (κ3) is 1.52. The first-order valence-electron chi connectivity index (χ1n) is 5.20. The Labute approximate surface area is 103 Å². The molecule has 0 saturated carbocycles. The average molecular weight is 239 g/mol. The van der Waals surface area contributed by atoms with Crippen LogP contribution in [0.15, 0.2) is 35.7 Å². The Morgan fingerprint density at radius 2 is 2.24 bits per heavy atom. The molecule has 0 bridgehead atoms. The van der Waals surface area contributed by atoms with Crippen LogP contribution in [0.3, 0.4) is 0 Å². The first-order valence-corrected chi connectivity index (χ1v) is 6.08.